The Balaban J connectivity index is 1.91. The van der Waals surface area contributed by atoms with E-state index in [1.54, 1.807) is 0 Å². The van der Waals surface area contributed by atoms with Crippen molar-refractivity contribution in [3.05, 3.63) is 0 Å². The maximum absolute atomic E-state index is 5.56. The standard InChI is InChI=1S/C11H24N2O/c1-3-12-9-10(2)13-7-6-11-5-4-8-14-11/h10-13H,3-9H2,1-2H3. The second-order valence-electron chi connectivity index (χ2n) is 4.09. The fraction of sp³-hybridized carbons (Fsp3) is 1.00. The van der Waals surface area contributed by atoms with E-state index >= 15 is 0 Å². The molecule has 1 heterocycles. The van der Waals surface area contributed by atoms with E-state index in [9.17, 15) is 0 Å². The lowest BCUT2D eigenvalue weighted by Gasteiger charge is -2.15. The summed E-state index contributed by atoms with van der Waals surface area (Å²) in [6, 6.07) is 0.566. The highest BCUT2D eigenvalue weighted by molar-refractivity contribution is 4.69. The molecule has 0 bridgehead atoms. The number of nitrogens with one attached hydrogen (secondary N) is 2. The zero-order chi connectivity index (χ0) is 10.2. The smallest absolute Gasteiger partial charge is 0.0588 e. The van der Waals surface area contributed by atoms with E-state index < -0.39 is 0 Å². The van der Waals surface area contributed by atoms with Crippen LogP contribution in [0.1, 0.15) is 33.1 Å². The van der Waals surface area contributed by atoms with E-state index in [0.717, 1.165) is 32.7 Å². The Morgan fingerprint density at radius 1 is 1.50 bits per heavy atom. The molecule has 0 aliphatic carbocycles. The largest absolute Gasteiger partial charge is 0.378 e. The minimum atomic E-state index is 0.522. The molecule has 3 nitrogen and oxygen atoms in total. The van der Waals surface area contributed by atoms with Crippen LogP contribution < -0.4 is 10.6 Å². The third kappa shape index (κ3) is 4.94. The van der Waals surface area contributed by atoms with E-state index in [1.807, 2.05) is 0 Å². The van der Waals surface area contributed by atoms with Crippen molar-refractivity contribution in [2.24, 2.45) is 0 Å². The van der Waals surface area contributed by atoms with Gasteiger partial charge in [0.05, 0.1) is 6.10 Å². The maximum Gasteiger partial charge on any atom is 0.0588 e. The lowest BCUT2D eigenvalue weighted by Crippen LogP contribution is -2.37. The molecular weight excluding hydrogens is 176 g/mol. The van der Waals surface area contributed by atoms with Crippen molar-refractivity contribution in [1.82, 2.24) is 10.6 Å². The lowest BCUT2D eigenvalue weighted by atomic mass is 10.2. The highest BCUT2D eigenvalue weighted by Crippen LogP contribution is 2.14. The summed E-state index contributed by atoms with van der Waals surface area (Å²) in [6.07, 6.45) is 4.19. The van der Waals surface area contributed by atoms with Crippen LogP contribution in [0.5, 0.6) is 0 Å². The molecule has 14 heavy (non-hydrogen) atoms. The highest BCUT2D eigenvalue weighted by atomic mass is 16.5. The summed E-state index contributed by atoms with van der Waals surface area (Å²) in [7, 11) is 0. The van der Waals surface area contributed by atoms with Gasteiger partial charge in [0.15, 0.2) is 0 Å². The van der Waals surface area contributed by atoms with Crippen molar-refractivity contribution in [1.29, 1.82) is 0 Å². The summed E-state index contributed by atoms with van der Waals surface area (Å²) in [6.45, 7) is 8.52. The van der Waals surface area contributed by atoms with E-state index in [0.29, 0.717) is 12.1 Å². The zero-order valence-electron chi connectivity index (χ0n) is 9.51. The van der Waals surface area contributed by atoms with Gasteiger partial charge >= 0.3 is 0 Å². The molecule has 1 aliphatic rings. The van der Waals surface area contributed by atoms with E-state index in [4.69, 9.17) is 4.74 Å². The Morgan fingerprint density at radius 3 is 3.00 bits per heavy atom. The molecule has 0 saturated carbocycles. The second kappa shape index (κ2) is 7.21. The monoisotopic (exact) mass is 200 g/mol. The van der Waals surface area contributed by atoms with Gasteiger partial charge < -0.3 is 15.4 Å². The van der Waals surface area contributed by atoms with Gasteiger partial charge in [-0.15, -0.1) is 0 Å². The third-order valence-corrected chi connectivity index (χ3v) is 2.68. The predicted octanol–water partition coefficient (Wildman–Crippen LogP) is 1.14. The number of ether oxygens (including phenoxy) is 1. The predicted molar refractivity (Wildman–Crippen MR) is 59.6 cm³/mol. The first-order chi connectivity index (χ1) is 6.83. The van der Waals surface area contributed by atoms with Crippen molar-refractivity contribution in [2.75, 3.05) is 26.2 Å². The van der Waals surface area contributed by atoms with E-state index in [2.05, 4.69) is 24.5 Å². The normalized spacial score (nSPS) is 24.0. The third-order valence-electron chi connectivity index (χ3n) is 2.68. The van der Waals surface area contributed by atoms with E-state index in [1.165, 1.54) is 12.8 Å². The number of likely N-dealkylation sites (N-methyl/N-ethyl adjacent to an activating group) is 1. The first kappa shape index (κ1) is 12.0. The molecule has 0 radical (unpaired) electrons. The van der Waals surface area contributed by atoms with Crippen LogP contribution >= 0.6 is 0 Å². The highest BCUT2D eigenvalue weighted by Gasteiger charge is 2.14. The summed E-state index contributed by atoms with van der Waals surface area (Å²) in [4.78, 5) is 0. The zero-order valence-corrected chi connectivity index (χ0v) is 9.51. The van der Waals surface area contributed by atoms with Crippen LogP contribution in [0.4, 0.5) is 0 Å². The quantitative estimate of drug-likeness (QED) is 0.646. The van der Waals surface area contributed by atoms with Crippen LogP contribution in [0, 0.1) is 0 Å². The fourth-order valence-corrected chi connectivity index (χ4v) is 1.80. The van der Waals surface area contributed by atoms with Crippen molar-refractivity contribution >= 4 is 0 Å². The molecular formula is C11H24N2O. The Hall–Kier alpha value is -0.120. The van der Waals surface area contributed by atoms with Gasteiger partial charge in [-0.05, 0) is 39.3 Å². The van der Waals surface area contributed by atoms with Gasteiger partial charge in [-0.1, -0.05) is 6.92 Å². The van der Waals surface area contributed by atoms with Gasteiger partial charge in [0.25, 0.3) is 0 Å². The number of hydrogen-bond donors (Lipinski definition) is 2. The molecule has 0 amide bonds. The molecule has 0 aromatic heterocycles. The SMILES string of the molecule is CCNCC(C)NCCC1CCCO1. The van der Waals surface area contributed by atoms with Gasteiger partial charge in [-0.3, -0.25) is 0 Å². The molecule has 2 atom stereocenters. The van der Waals surface area contributed by atoms with Gasteiger partial charge in [-0.2, -0.15) is 0 Å². The van der Waals surface area contributed by atoms with Gasteiger partial charge in [-0.25, -0.2) is 0 Å². The minimum absolute atomic E-state index is 0.522. The number of hydrogen-bond acceptors (Lipinski definition) is 3. The average molecular weight is 200 g/mol. The Bertz CT molecular complexity index is 135. The number of rotatable bonds is 7. The lowest BCUT2D eigenvalue weighted by molar-refractivity contribution is 0.103. The first-order valence-corrected chi connectivity index (χ1v) is 5.88. The van der Waals surface area contributed by atoms with Gasteiger partial charge in [0, 0.05) is 19.2 Å². The summed E-state index contributed by atoms with van der Waals surface area (Å²) >= 11 is 0. The summed E-state index contributed by atoms with van der Waals surface area (Å²) < 4.78 is 5.56. The molecule has 1 fully saturated rings. The topological polar surface area (TPSA) is 33.3 Å². The van der Waals surface area contributed by atoms with Crippen LogP contribution in [-0.4, -0.2) is 38.4 Å². The summed E-state index contributed by atoms with van der Waals surface area (Å²) in [5.41, 5.74) is 0. The maximum atomic E-state index is 5.56. The summed E-state index contributed by atoms with van der Waals surface area (Å²) in [5, 5.41) is 6.83. The van der Waals surface area contributed by atoms with Crippen LogP contribution in [0.3, 0.4) is 0 Å². The van der Waals surface area contributed by atoms with Gasteiger partial charge in [0.2, 0.25) is 0 Å². The molecule has 2 N–H and O–H groups in total. The molecule has 0 aromatic rings. The minimum Gasteiger partial charge on any atom is -0.378 e. The average Bonchev–Trinajstić information content (AvgIpc) is 2.67. The fourth-order valence-electron chi connectivity index (χ4n) is 1.80. The Labute approximate surface area is 87.6 Å². The van der Waals surface area contributed by atoms with E-state index in [-0.39, 0.29) is 0 Å². The molecule has 1 saturated heterocycles. The van der Waals surface area contributed by atoms with Crippen LogP contribution in [0.2, 0.25) is 0 Å². The van der Waals surface area contributed by atoms with Crippen molar-refractivity contribution in [2.45, 2.75) is 45.3 Å². The van der Waals surface area contributed by atoms with Crippen LogP contribution in [0.15, 0.2) is 0 Å². The Kier molecular flexibility index (Phi) is 6.15. The second-order valence-corrected chi connectivity index (χ2v) is 4.09. The molecule has 1 aliphatic heterocycles. The summed E-state index contributed by atoms with van der Waals surface area (Å²) in [5.74, 6) is 0. The van der Waals surface area contributed by atoms with Crippen LogP contribution in [0.25, 0.3) is 0 Å². The Morgan fingerprint density at radius 2 is 2.36 bits per heavy atom. The van der Waals surface area contributed by atoms with Crippen molar-refractivity contribution in [3.8, 4) is 0 Å². The van der Waals surface area contributed by atoms with Crippen LogP contribution in [-0.2, 0) is 4.74 Å². The van der Waals surface area contributed by atoms with Gasteiger partial charge in [0.1, 0.15) is 0 Å². The molecule has 1 rings (SSSR count). The van der Waals surface area contributed by atoms with Crippen molar-refractivity contribution < 1.29 is 4.74 Å². The molecule has 2 unspecified atom stereocenters. The molecule has 3 heteroatoms. The molecule has 84 valence electrons. The first-order valence-electron chi connectivity index (χ1n) is 5.88. The van der Waals surface area contributed by atoms with Crippen molar-refractivity contribution in [3.63, 3.8) is 0 Å². The molecule has 0 aromatic carbocycles. The molecule has 0 spiro atoms.